The average Bonchev–Trinajstić information content (AvgIpc) is 3.06. The van der Waals surface area contributed by atoms with E-state index in [4.69, 9.17) is 49.4 Å². The number of hydrogen-bond donors (Lipinski definition) is 5. The molecule has 0 aromatic carbocycles. The SMILES string of the molecule is C[SiH](CCCOCCO)O[Si](C)(CCCOCCO)O[Si](C)(CCCOCCO)O[Si](C)(CCCOCCO)O[Si](C)(CCCOCCO)O[Si](C)(C)C. The lowest BCUT2D eigenvalue weighted by Crippen LogP contribution is -2.62. The zero-order valence-corrected chi connectivity index (χ0v) is 41.2. The molecule has 0 saturated heterocycles. The molecule has 5 atom stereocenters. The van der Waals surface area contributed by atoms with Crippen molar-refractivity contribution in [2.24, 2.45) is 0 Å². The lowest BCUT2D eigenvalue weighted by molar-refractivity contribution is 0.0901. The molecule has 0 heterocycles. The first-order chi connectivity index (χ1) is 25.5. The zero-order valence-electron chi connectivity index (χ0n) is 35.1. The van der Waals surface area contributed by atoms with E-state index in [1.165, 1.54) is 0 Å². The number of aliphatic hydroxyl groups excluding tert-OH is 5. The van der Waals surface area contributed by atoms with Gasteiger partial charge in [-0.15, -0.1) is 0 Å². The van der Waals surface area contributed by atoms with Gasteiger partial charge in [-0.05, 0) is 115 Å². The van der Waals surface area contributed by atoms with E-state index in [-0.39, 0.29) is 59.5 Å². The summed E-state index contributed by atoms with van der Waals surface area (Å²) in [5, 5.41) is 46.1. The van der Waals surface area contributed by atoms with Gasteiger partial charge in [0.15, 0.2) is 17.4 Å². The molecule has 0 saturated carbocycles. The third-order valence-corrected chi connectivity index (χ3v) is 32.4. The van der Waals surface area contributed by atoms with E-state index in [2.05, 4.69) is 52.4 Å². The van der Waals surface area contributed by atoms with Crippen LogP contribution in [-0.2, 0) is 44.3 Å². The first kappa shape index (κ1) is 54.7. The van der Waals surface area contributed by atoms with Crippen LogP contribution >= 0.6 is 0 Å². The van der Waals surface area contributed by atoms with E-state index in [0.717, 1.165) is 18.9 Å². The summed E-state index contributed by atoms with van der Waals surface area (Å²) in [7, 11) is -15.6. The Morgan fingerprint density at radius 1 is 0.370 bits per heavy atom. The zero-order chi connectivity index (χ0) is 40.8. The Bertz CT molecular complexity index is 889. The van der Waals surface area contributed by atoms with Crippen LogP contribution in [0.3, 0.4) is 0 Å². The van der Waals surface area contributed by atoms with Crippen molar-refractivity contribution >= 4 is 51.6 Å². The maximum Gasteiger partial charge on any atom is 0.317 e. The standard InChI is InChI=1S/C33H80O15Si6/c1-49(29-9-19-39-24-14-34)44-51(5,30-10-20-40-25-15-35)46-53(7,32-12-22-42-27-17-37)48-54(8,33-13-23-43-28-18-38)47-52(6,45-50(2,3)4)31-11-21-41-26-16-36/h34-38,49H,9-33H2,1-8H3. The molecular formula is C33H80O15Si6. The van der Waals surface area contributed by atoms with Crippen molar-refractivity contribution < 1.29 is 69.8 Å². The summed E-state index contributed by atoms with van der Waals surface area (Å²) in [6.07, 6.45) is 3.64. The van der Waals surface area contributed by atoms with Gasteiger partial charge in [-0.25, -0.2) is 0 Å². The quantitative estimate of drug-likeness (QED) is 0.0443. The minimum Gasteiger partial charge on any atom is -0.439 e. The fourth-order valence-electron chi connectivity index (χ4n) is 6.29. The highest BCUT2D eigenvalue weighted by Gasteiger charge is 2.51. The Hall–Kier alpha value is 0.701. The third kappa shape index (κ3) is 29.8. The second kappa shape index (κ2) is 31.6. The minimum atomic E-state index is -3.09. The highest BCUT2D eigenvalue weighted by Crippen LogP contribution is 2.35. The van der Waals surface area contributed by atoms with Gasteiger partial charge < -0.3 is 69.8 Å². The van der Waals surface area contributed by atoms with Crippen LogP contribution in [0.25, 0.3) is 0 Å². The molecule has 0 aliphatic heterocycles. The van der Waals surface area contributed by atoms with Crippen LogP contribution in [0.2, 0.25) is 82.6 Å². The summed E-state index contributed by atoms with van der Waals surface area (Å²) in [6, 6.07) is 3.56. The number of hydrogen-bond acceptors (Lipinski definition) is 15. The molecule has 0 aliphatic rings. The molecule has 0 bridgehead atoms. The van der Waals surface area contributed by atoms with Crippen LogP contribution in [0.4, 0.5) is 0 Å². The van der Waals surface area contributed by atoms with E-state index in [9.17, 15) is 20.4 Å². The van der Waals surface area contributed by atoms with Gasteiger partial charge in [-0.1, -0.05) is 0 Å². The van der Waals surface area contributed by atoms with Gasteiger partial charge in [0, 0.05) is 33.0 Å². The molecule has 0 fully saturated rings. The van der Waals surface area contributed by atoms with Crippen molar-refractivity contribution in [3.8, 4) is 0 Å². The van der Waals surface area contributed by atoms with Crippen LogP contribution in [0.5, 0.6) is 0 Å². The highest BCUT2D eigenvalue weighted by atomic mass is 28.5. The molecular weight excluding hydrogens is 805 g/mol. The number of ether oxygens (including phenoxy) is 5. The van der Waals surface area contributed by atoms with E-state index in [0.29, 0.717) is 83.1 Å². The normalized spacial score (nSPS) is 17.5. The van der Waals surface area contributed by atoms with E-state index in [1.54, 1.807) is 0 Å². The smallest absolute Gasteiger partial charge is 0.317 e. The lowest BCUT2D eigenvalue weighted by Gasteiger charge is -2.46. The van der Waals surface area contributed by atoms with Gasteiger partial charge in [-0.2, -0.15) is 0 Å². The predicted molar refractivity (Wildman–Crippen MR) is 225 cm³/mol. The van der Waals surface area contributed by atoms with Crippen LogP contribution in [-0.4, -0.2) is 176 Å². The van der Waals surface area contributed by atoms with Gasteiger partial charge in [0.1, 0.15) is 0 Å². The molecule has 0 radical (unpaired) electrons. The third-order valence-electron chi connectivity index (χ3n) is 8.02. The largest absolute Gasteiger partial charge is 0.439 e. The van der Waals surface area contributed by atoms with Crippen molar-refractivity contribution in [3.63, 3.8) is 0 Å². The summed E-state index contributed by atoms with van der Waals surface area (Å²) in [4.78, 5) is 0. The first-order valence-corrected chi connectivity index (χ1v) is 35.9. The van der Waals surface area contributed by atoms with Gasteiger partial charge in [0.05, 0.1) is 66.1 Å². The molecule has 21 heteroatoms. The van der Waals surface area contributed by atoms with Crippen molar-refractivity contribution in [1.29, 1.82) is 0 Å². The van der Waals surface area contributed by atoms with Gasteiger partial charge in [-0.3, -0.25) is 0 Å². The fourth-order valence-corrected chi connectivity index (χ4v) is 35.8. The summed E-state index contributed by atoms with van der Waals surface area (Å²) in [6.45, 7) is 20.9. The topological polar surface area (TPSA) is 193 Å². The molecule has 5 unspecified atom stereocenters. The molecule has 0 aliphatic carbocycles. The first-order valence-electron chi connectivity index (χ1n) is 19.9. The lowest BCUT2D eigenvalue weighted by atomic mass is 10.5. The number of aliphatic hydroxyl groups is 5. The second-order valence-electron chi connectivity index (χ2n) is 15.2. The van der Waals surface area contributed by atoms with E-state index >= 15 is 0 Å². The van der Waals surface area contributed by atoms with Crippen LogP contribution in [0, 0.1) is 0 Å². The van der Waals surface area contributed by atoms with Crippen molar-refractivity contribution in [2.45, 2.75) is 115 Å². The van der Waals surface area contributed by atoms with Crippen molar-refractivity contribution in [3.05, 3.63) is 0 Å². The Morgan fingerprint density at radius 3 is 0.963 bits per heavy atom. The van der Waals surface area contributed by atoms with Crippen LogP contribution in [0.1, 0.15) is 32.1 Å². The Kier molecular flexibility index (Phi) is 32.0. The molecule has 0 aromatic rings. The monoisotopic (exact) mass is 884 g/mol. The van der Waals surface area contributed by atoms with Gasteiger partial charge in [0.25, 0.3) is 0 Å². The summed E-state index contributed by atoms with van der Waals surface area (Å²) < 4.78 is 64.1. The maximum atomic E-state index is 9.31. The van der Waals surface area contributed by atoms with Crippen LogP contribution in [0.15, 0.2) is 0 Å². The minimum absolute atomic E-state index is 0.00148. The number of rotatable bonds is 40. The molecule has 0 amide bonds. The van der Waals surface area contributed by atoms with Crippen LogP contribution < -0.4 is 0 Å². The fraction of sp³-hybridized carbons (Fsp3) is 1.00. The molecule has 0 rings (SSSR count). The second-order valence-corrected chi connectivity index (χ2v) is 36.9. The Labute approximate surface area is 334 Å². The molecule has 0 spiro atoms. The molecule has 5 N–H and O–H groups in total. The molecule has 15 nitrogen and oxygen atoms in total. The summed E-state index contributed by atoms with van der Waals surface area (Å²) in [5.41, 5.74) is 0. The van der Waals surface area contributed by atoms with Crippen molar-refractivity contribution in [2.75, 3.05) is 99.1 Å². The Morgan fingerprint density at radius 2 is 0.648 bits per heavy atom. The molecule has 0 aromatic heterocycles. The maximum absolute atomic E-state index is 9.31. The molecule has 326 valence electrons. The molecule has 54 heavy (non-hydrogen) atoms. The van der Waals surface area contributed by atoms with E-state index < -0.39 is 51.6 Å². The average molecular weight is 886 g/mol. The Balaban J connectivity index is 6.67. The van der Waals surface area contributed by atoms with E-state index in [1.807, 2.05) is 0 Å². The summed E-state index contributed by atoms with van der Waals surface area (Å²) >= 11 is 0. The predicted octanol–water partition coefficient (Wildman–Crippen LogP) is 3.54. The highest BCUT2D eigenvalue weighted by molar-refractivity contribution is 6.91. The van der Waals surface area contributed by atoms with Crippen molar-refractivity contribution in [1.82, 2.24) is 0 Å². The van der Waals surface area contributed by atoms with Gasteiger partial charge in [0.2, 0.25) is 0 Å². The summed E-state index contributed by atoms with van der Waals surface area (Å²) in [5.74, 6) is 0. The van der Waals surface area contributed by atoms with Gasteiger partial charge >= 0.3 is 34.2 Å².